The third-order valence-corrected chi connectivity index (χ3v) is 4.52. The fourth-order valence-electron chi connectivity index (χ4n) is 3.82. The van der Waals surface area contributed by atoms with Gasteiger partial charge in [-0.1, -0.05) is 49.4 Å². The first-order valence-electron chi connectivity index (χ1n) is 6.41. The molecule has 0 spiro atoms. The van der Waals surface area contributed by atoms with Gasteiger partial charge < -0.3 is 0 Å². The fraction of sp³-hybridized carbons (Fsp3) is 0.412. The minimum Gasteiger partial charge on any atom is -0.0805 e. The highest BCUT2D eigenvalue weighted by Gasteiger charge is 2.35. The lowest BCUT2D eigenvalue weighted by Gasteiger charge is -2.40. The largest absolute Gasteiger partial charge is 0.0805 e. The average Bonchev–Trinajstić information content (AvgIpc) is 2.36. The van der Waals surface area contributed by atoms with Gasteiger partial charge in [-0.2, -0.15) is 0 Å². The second-order valence-corrected chi connectivity index (χ2v) is 5.30. The highest BCUT2D eigenvalue weighted by Crippen LogP contribution is 2.49. The second-order valence-electron chi connectivity index (χ2n) is 5.30. The molecule has 0 fully saturated rings. The predicted molar refractivity (Wildman–Crippen MR) is 73.3 cm³/mol. The molecule has 1 aromatic rings. The number of aryl methyl sites for hydroxylation is 2. The molecule has 0 radical (unpaired) electrons. The quantitative estimate of drug-likeness (QED) is 0.612. The SMILES string of the molecule is C.C1=CC2CCc3cccc4c3C2C(=C1)CC4. The van der Waals surface area contributed by atoms with Crippen LogP contribution in [0, 0.1) is 5.92 Å². The monoisotopic (exact) mass is 224 g/mol. The van der Waals surface area contributed by atoms with E-state index < -0.39 is 0 Å². The Labute approximate surface area is 104 Å². The lowest BCUT2D eigenvalue weighted by molar-refractivity contribution is 0.456. The normalized spacial score (nSPS) is 27.9. The Kier molecular flexibility index (Phi) is 2.47. The summed E-state index contributed by atoms with van der Waals surface area (Å²) in [6.45, 7) is 0. The van der Waals surface area contributed by atoms with Gasteiger partial charge in [0.05, 0.1) is 0 Å². The van der Waals surface area contributed by atoms with Crippen molar-refractivity contribution in [1.29, 1.82) is 0 Å². The Hall–Kier alpha value is -1.30. The molecule has 0 aromatic heterocycles. The molecule has 4 rings (SSSR count). The van der Waals surface area contributed by atoms with Crippen LogP contribution in [0.2, 0.25) is 0 Å². The van der Waals surface area contributed by atoms with Crippen LogP contribution >= 0.6 is 0 Å². The van der Waals surface area contributed by atoms with Crippen LogP contribution in [0.15, 0.2) is 42.0 Å². The maximum absolute atomic E-state index is 2.43. The zero-order valence-corrected chi connectivity index (χ0v) is 9.45. The summed E-state index contributed by atoms with van der Waals surface area (Å²) in [6, 6.07) is 6.94. The number of hydrogen-bond acceptors (Lipinski definition) is 0. The molecule has 0 aliphatic heterocycles. The summed E-state index contributed by atoms with van der Waals surface area (Å²) >= 11 is 0. The van der Waals surface area contributed by atoms with Crippen LogP contribution in [0.3, 0.4) is 0 Å². The van der Waals surface area contributed by atoms with Crippen molar-refractivity contribution in [2.24, 2.45) is 5.92 Å². The van der Waals surface area contributed by atoms with Crippen molar-refractivity contribution in [3.63, 3.8) is 0 Å². The van der Waals surface area contributed by atoms with E-state index in [2.05, 4.69) is 36.4 Å². The van der Waals surface area contributed by atoms with E-state index in [-0.39, 0.29) is 7.43 Å². The summed E-state index contributed by atoms with van der Waals surface area (Å²) in [7, 11) is 0. The number of hydrogen-bond donors (Lipinski definition) is 0. The highest BCUT2D eigenvalue weighted by molar-refractivity contribution is 5.50. The van der Waals surface area contributed by atoms with Gasteiger partial charge in [0.15, 0.2) is 0 Å². The summed E-state index contributed by atoms with van der Waals surface area (Å²) in [5.74, 6) is 1.52. The zero-order chi connectivity index (χ0) is 10.5. The Morgan fingerprint density at radius 1 is 1.00 bits per heavy atom. The lowest BCUT2D eigenvalue weighted by Crippen LogP contribution is -2.27. The summed E-state index contributed by atoms with van der Waals surface area (Å²) in [4.78, 5) is 0. The third-order valence-electron chi connectivity index (χ3n) is 4.52. The van der Waals surface area contributed by atoms with Crippen molar-refractivity contribution in [1.82, 2.24) is 0 Å². The van der Waals surface area contributed by atoms with E-state index in [1.807, 2.05) is 0 Å². The van der Waals surface area contributed by atoms with Gasteiger partial charge in [-0.3, -0.25) is 0 Å². The Morgan fingerprint density at radius 3 is 2.71 bits per heavy atom. The molecule has 0 heteroatoms. The van der Waals surface area contributed by atoms with Crippen LogP contribution < -0.4 is 0 Å². The van der Waals surface area contributed by atoms with Gasteiger partial charge in [0.2, 0.25) is 0 Å². The molecule has 0 bridgehead atoms. The second kappa shape index (κ2) is 3.87. The molecule has 0 nitrogen and oxygen atoms in total. The van der Waals surface area contributed by atoms with Crippen LogP contribution in [0.25, 0.3) is 0 Å². The van der Waals surface area contributed by atoms with Gasteiger partial charge in [0.25, 0.3) is 0 Å². The molecule has 2 atom stereocenters. The van der Waals surface area contributed by atoms with E-state index in [1.165, 1.54) is 25.7 Å². The molecule has 1 aromatic carbocycles. The van der Waals surface area contributed by atoms with Crippen molar-refractivity contribution < 1.29 is 0 Å². The van der Waals surface area contributed by atoms with Crippen LogP contribution in [0.1, 0.15) is 42.9 Å². The van der Waals surface area contributed by atoms with Gasteiger partial charge in [0, 0.05) is 5.92 Å². The van der Waals surface area contributed by atoms with Crippen LogP contribution in [0.4, 0.5) is 0 Å². The van der Waals surface area contributed by atoms with Crippen LogP contribution in [-0.4, -0.2) is 0 Å². The Morgan fingerprint density at radius 2 is 1.82 bits per heavy atom. The molecular formula is C17H20. The summed E-state index contributed by atoms with van der Waals surface area (Å²) < 4.78 is 0. The number of allylic oxidation sites excluding steroid dienone is 4. The van der Waals surface area contributed by atoms with E-state index in [0.717, 1.165) is 11.8 Å². The summed E-state index contributed by atoms with van der Waals surface area (Å²) in [5.41, 5.74) is 6.63. The van der Waals surface area contributed by atoms with Gasteiger partial charge in [-0.25, -0.2) is 0 Å². The molecule has 88 valence electrons. The van der Waals surface area contributed by atoms with Crippen molar-refractivity contribution in [2.75, 3.05) is 0 Å². The molecule has 17 heavy (non-hydrogen) atoms. The molecule has 0 saturated heterocycles. The van der Waals surface area contributed by atoms with E-state index in [0.29, 0.717) is 0 Å². The van der Waals surface area contributed by atoms with Gasteiger partial charge in [0.1, 0.15) is 0 Å². The highest BCUT2D eigenvalue weighted by atomic mass is 14.4. The molecule has 0 heterocycles. The van der Waals surface area contributed by atoms with Crippen LogP contribution in [-0.2, 0) is 12.8 Å². The summed E-state index contributed by atoms with van der Waals surface area (Å²) in [5, 5.41) is 0. The minimum absolute atomic E-state index is 0. The standard InChI is InChI=1S/C16H16.CH4/c1-3-11-7-9-13-5-2-6-14-10-8-12(4-1)15(11)16(13)14;/h1-6,11,15H,7-10H2;1H4. The van der Waals surface area contributed by atoms with Crippen LogP contribution in [0.5, 0.6) is 0 Å². The summed E-state index contributed by atoms with van der Waals surface area (Å²) in [6.07, 6.45) is 12.2. The van der Waals surface area contributed by atoms with Gasteiger partial charge >= 0.3 is 0 Å². The Bertz CT molecular complexity index is 491. The fourth-order valence-corrected chi connectivity index (χ4v) is 3.82. The molecule has 0 N–H and O–H groups in total. The average molecular weight is 224 g/mol. The third kappa shape index (κ3) is 1.43. The molecular weight excluding hydrogens is 204 g/mol. The van der Waals surface area contributed by atoms with Crippen molar-refractivity contribution in [3.8, 4) is 0 Å². The lowest BCUT2D eigenvalue weighted by atomic mass is 9.64. The van der Waals surface area contributed by atoms with E-state index in [1.54, 1.807) is 22.3 Å². The number of rotatable bonds is 0. The minimum atomic E-state index is 0. The first-order valence-corrected chi connectivity index (χ1v) is 6.41. The van der Waals surface area contributed by atoms with Crippen molar-refractivity contribution in [2.45, 2.75) is 39.0 Å². The zero-order valence-electron chi connectivity index (χ0n) is 9.45. The smallest absolute Gasteiger partial charge is 0.0120 e. The van der Waals surface area contributed by atoms with E-state index >= 15 is 0 Å². The van der Waals surface area contributed by atoms with E-state index in [4.69, 9.17) is 0 Å². The topological polar surface area (TPSA) is 0 Å². The van der Waals surface area contributed by atoms with Crippen molar-refractivity contribution in [3.05, 3.63) is 58.7 Å². The van der Waals surface area contributed by atoms with Gasteiger partial charge in [-0.15, -0.1) is 0 Å². The first-order chi connectivity index (χ1) is 7.93. The van der Waals surface area contributed by atoms with E-state index in [9.17, 15) is 0 Å². The molecule has 3 aliphatic rings. The van der Waals surface area contributed by atoms with Gasteiger partial charge in [-0.05, 0) is 48.3 Å². The molecule has 0 saturated carbocycles. The van der Waals surface area contributed by atoms with Crippen molar-refractivity contribution >= 4 is 0 Å². The maximum atomic E-state index is 2.43. The predicted octanol–water partition coefficient (Wildman–Crippen LogP) is 4.41. The molecule has 3 aliphatic carbocycles. The maximum Gasteiger partial charge on any atom is 0.0120 e. The molecule has 2 unspecified atom stereocenters. The molecule has 0 amide bonds. The number of benzene rings is 1. The first kappa shape index (κ1) is 10.8. The Balaban J connectivity index is 0.000000902.